The van der Waals surface area contributed by atoms with Crippen LogP contribution in [0.1, 0.15) is 18.4 Å². The van der Waals surface area contributed by atoms with Crippen molar-refractivity contribution in [2.75, 3.05) is 26.4 Å². The van der Waals surface area contributed by atoms with E-state index in [1.165, 1.54) is 4.90 Å². The van der Waals surface area contributed by atoms with Crippen LogP contribution < -0.4 is 11.1 Å². The van der Waals surface area contributed by atoms with Crippen LogP contribution in [0.3, 0.4) is 0 Å². The summed E-state index contributed by atoms with van der Waals surface area (Å²) in [7, 11) is 3.34. The summed E-state index contributed by atoms with van der Waals surface area (Å²) in [6, 6.07) is 7.37. The molecule has 102 valence electrons. The molecule has 1 fully saturated rings. The first-order valence-electron chi connectivity index (χ1n) is 6.30. The number of rotatable bonds is 4. The smallest absolute Gasteiger partial charge is 0.241 e. The normalized spacial score (nSPS) is 15.7. The highest BCUT2D eigenvalue weighted by atomic mass is 16.2. The topological polar surface area (TPSA) is 75.4 Å². The molecule has 0 heterocycles. The Morgan fingerprint density at radius 1 is 1.26 bits per heavy atom. The molecule has 1 saturated carbocycles. The average Bonchev–Trinajstić information content (AvgIpc) is 3.17. The molecule has 19 heavy (non-hydrogen) atoms. The molecule has 0 aromatic heterocycles. The van der Waals surface area contributed by atoms with Gasteiger partial charge >= 0.3 is 0 Å². The van der Waals surface area contributed by atoms with Gasteiger partial charge in [-0.2, -0.15) is 0 Å². The van der Waals surface area contributed by atoms with E-state index in [1.807, 2.05) is 12.1 Å². The standard InChI is InChI=1S/C14H19N3O2/c1-17(2)12(18)9-16-13(19)14(7-8-14)10-3-5-11(15)6-4-10/h3-6H,7-9,15H2,1-2H3,(H,16,19). The third-order valence-electron chi connectivity index (χ3n) is 3.55. The van der Waals surface area contributed by atoms with Crippen molar-refractivity contribution in [3.63, 3.8) is 0 Å². The number of anilines is 1. The number of carbonyl (C=O) groups excluding carboxylic acids is 2. The van der Waals surface area contributed by atoms with E-state index in [0.29, 0.717) is 5.69 Å². The molecule has 1 aliphatic carbocycles. The molecule has 0 atom stereocenters. The molecule has 0 radical (unpaired) electrons. The van der Waals surface area contributed by atoms with Gasteiger partial charge in [-0.05, 0) is 30.5 Å². The average molecular weight is 261 g/mol. The van der Waals surface area contributed by atoms with Crippen LogP contribution in [0, 0.1) is 0 Å². The highest BCUT2D eigenvalue weighted by Gasteiger charge is 2.51. The largest absolute Gasteiger partial charge is 0.399 e. The highest BCUT2D eigenvalue weighted by molar-refractivity contribution is 5.93. The number of nitrogens with zero attached hydrogens (tertiary/aromatic N) is 1. The molecule has 0 unspecified atom stereocenters. The van der Waals surface area contributed by atoms with Gasteiger partial charge in [-0.25, -0.2) is 0 Å². The van der Waals surface area contributed by atoms with Crippen molar-refractivity contribution in [1.82, 2.24) is 10.2 Å². The van der Waals surface area contributed by atoms with E-state index in [1.54, 1.807) is 26.2 Å². The van der Waals surface area contributed by atoms with Gasteiger partial charge in [0.05, 0.1) is 12.0 Å². The second-order valence-corrected chi connectivity index (χ2v) is 5.17. The number of hydrogen-bond acceptors (Lipinski definition) is 3. The Balaban J connectivity index is 2.02. The molecule has 5 nitrogen and oxygen atoms in total. The first kappa shape index (κ1) is 13.4. The summed E-state index contributed by atoms with van der Waals surface area (Å²) in [5.74, 6) is -0.186. The van der Waals surface area contributed by atoms with E-state index in [2.05, 4.69) is 5.32 Å². The van der Waals surface area contributed by atoms with Gasteiger partial charge in [-0.15, -0.1) is 0 Å². The van der Waals surface area contributed by atoms with Gasteiger partial charge < -0.3 is 16.0 Å². The molecule has 3 N–H and O–H groups in total. The van der Waals surface area contributed by atoms with Gasteiger partial charge in [-0.1, -0.05) is 12.1 Å². The fourth-order valence-corrected chi connectivity index (χ4v) is 2.06. The van der Waals surface area contributed by atoms with Crippen LogP contribution in [0.4, 0.5) is 5.69 Å². The Hall–Kier alpha value is -2.04. The first-order valence-corrected chi connectivity index (χ1v) is 6.30. The number of benzene rings is 1. The summed E-state index contributed by atoms with van der Waals surface area (Å²) in [5, 5.41) is 2.72. The Labute approximate surface area is 112 Å². The van der Waals surface area contributed by atoms with Gasteiger partial charge in [0.25, 0.3) is 0 Å². The lowest BCUT2D eigenvalue weighted by Crippen LogP contribution is -2.41. The lowest BCUT2D eigenvalue weighted by molar-refractivity contribution is -0.131. The van der Waals surface area contributed by atoms with E-state index in [0.717, 1.165) is 18.4 Å². The molecule has 0 aliphatic heterocycles. The zero-order valence-corrected chi connectivity index (χ0v) is 11.3. The van der Waals surface area contributed by atoms with Gasteiger partial charge in [0.1, 0.15) is 0 Å². The fraction of sp³-hybridized carbons (Fsp3) is 0.429. The monoisotopic (exact) mass is 261 g/mol. The maximum atomic E-state index is 12.2. The molecule has 1 aromatic rings. The van der Waals surface area contributed by atoms with E-state index in [9.17, 15) is 9.59 Å². The summed E-state index contributed by atoms with van der Waals surface area (Å²) in [6.45, 7) is 0.0442. The van der Waals surface area contributed by atoms with E-state index in [-0.39, 0.29) is 18.4 Å². The van der Waals surface area contributed by atoms with E-state index < -0.39 is 5.41 Å². The zero-order valence-electron chi connectivity index (χ0n) is 11.3. The molecule has 0 spiro atoms. The minimum atomic E-state index is -0.458. The summed E-state index contributed by atoms with van der Waals surface area (Å²) in [4.78, 5) is 25.2. The van der Waals surface area contributed by atoms with Crippen LogP contribution in [0.5, 0.6) is 0 Å². The molecule has 0 saturated heterocycles. The minimum absolute atomic E-state index is 0.0442. The third kappa shape index (κ3) is 2.70. The van der Waals surface area contributed by atoms with Gasteiger partial charge in [0, 0.05) is 19.8 Å². The second-order valence-electron chi connectivity index (χ2n) is 5.17. The fourth-order valence-electron chi connectivity index (χ4n) is 2.06. The van der Waals surface area contributed by atoms with Crippen LogP contribution in [-0.2, 0) is 15.0 Å². The Bertz CT molecular complexity index is 490. The molecule has 5 heteroatoms. The number of likely N-dealkylation sites (N-methyl/N-ethyl adjacent to an activating group) is 1. The molecule has 1 aliphatic rings. The van der Waals surface area contributed by atoms with Crippen molar-refractivity contribution >= 4 is 17.5 Å². The molecular formula is C14H19N3O2. The van der Waals surface area contributed by atoms with Crippen LogP contribution in [0.15, 0.2) is 24.3 Å². The molecule has 2 amide bonds. The summed E-state index contributed by atoms with van der Waals surface area (Å²) >= 11 is 0. The van der Waals surface area contributed by atoms with Crippen LogP contribution in [-0.4, -0.2) is 37.4 Å². The lowest BCUT2D eigenvalue weighted by atomic mass is 9.95. The highest BCUT2D eigenvalue weighted by Crippen LogP contribution is 2.48. The Morgan fingerprint density at radius 3 is 2.32 bits per heavy atom. The summed E-state index contributed by atoms with van der Waals surface area (Å²) in [6.07, 6.45) is 1.64. The van der Waals surface area contributed by atoms with Crippen LogP contribution in [0.25, 0.3) is 0 Å². The number of hydrogen-bond donors (Lipinski definition) is 2. The quantitative estimate of drug-likeness (QED) is 0.775. The number of carbonyl (C=O) groups is 2. The summed E-state index contributed by atoms with van der Waals surface area (Å²) < 4.78 is 0. The van der Waals surface area contributed by atoms with Crippen molar-refractivity contribution in [1.29, 1.82) is 0 Å². The number of nitrogens with one attached hydrogen (secondary N) is 1. The van der Waals surface area contributed by atoms with Crippen molar-refractivity contribution in [2.24, 2.45) is 0 Å². The first-order chi connectivity index (χ1) is 8.95. The third-order valence-corrected chi connectivity index (χ3v) is 3.55. The number of nitrogens with two attached hydrogens (primary N) is 1. The van der Waals surface area contributed by atoms with Gasteiger partial charge in [-0.3, -0.25) is 9.59 Å². The molecule has 2 rings (SSSR count). The SMILES string of the molecule is CN(C)C(=O)CNC(=O)C1(c2ccc(N)cc2)CC1. The maximum Gasteiger partial charge on any atom is 0.241 e. The molecule has 1 aromatic carbocycles. The van der Waals surface area contributed by atoms with Crippen molar-refractivity contribution in [3.05, 3.63) is 29.8 Å². The summed E-state index contributed by atoms with van der Waals surface area (Å²) in [5.41, 5.74) is 6.84. The Morgan fingerprint density at radius 2 is 1.84 bits per heavy atom. The van der Waals surface area contributed by atoms with E-state index in [4.69, 9.17) is 5.73 Å². The number of nitrogen functional groups attached to an aromatic ring is 1. The van der Waals surface area contributed by atoms with Crippen molar-refractivity contribution in [2.45, 2.75) is 18.3 Å². The van der Waals surface area contributed by atoms with Crippen LogP contribution >= 0.6 is 0 Å². The molecule has 0 bridgehead atoms. The van der Waals surface area contributed by atoms with Gasteiger partial charge in [0.15, 0.2) is 0 Å². The lowest BCUT2D eigenvalue weighted by Gasteiger charge is -2.17. The zero-order chi connectivity index (χ0) is 14.0. The minimum Gasteiger partial charge on any atom is -0.399 e. The second kappa shape index (κ2) is 4.91. The van der Waals surface area contributed by atoms with Gasteiger partial charge in [0.2, 0.25) is 11.8 Å². The predicted octanol–water partition coefficient (Wildman–Crippen LogP) is 0.505. The predicted molar refractivity (Wildman–Crippen MR) is 73.5 cm³/mol. The van der Waals surface area contributed by atoms with Crippen LogP contribution in [0.2, 0.25) is 0 Å². The number of amides is 2. The van der Waals surface area contributed by atoms with Crippen molar-refractivity contribution in [3.8, 4) is 0 Å². The molecular weight excluding hydrogens is 242 g/mol. The Kier molecular flexibility index (Phi) is 3.46. The van der Waals surface area contributed by atoms with Crippen molar-refractivity contribution < 1.29 is 9.59 Å². The maximum absolute atomic E-state index is 12.2. The van der Waals surface area contributed by atoms with E-state index >= 15 is 0 Å².